The fourth-order valence-electron chi connectivity index (χ4n) is 4.80. The molecule has 0 radical (unpaired) electrons. The molecule has 7 heteroatoms. The highest BCUT2D eigenvalue weighted by molar-refractivity contribution is 5.85. The van der Waals surface area contributed by atoms with Gasteiger partial charge in [-0.15, -0.1) is 24.8 Å². The molecule has 3 aliphatic rings. The van der Waals surface area contributed by atoms with Crippen molar-refractivity contribution in [2.75, 3.05) is 31.2 Å². The molecule has 26 heavy (non-hydrogen) atoms. The quantitative estimate of drug-likeness (QED) is 0.812. The third-order valence-electron chi connectivity index (χ3n) is 6.08. The number of ether oxygens (including phenoxy) is 1. The van der Waals surface area contributed by atoms with Gasteiger partial charge in [0, 0.05) is 31.4 Å². The molecule has 2 aliphatic carbocycles. The number of carbonyl (C=O) groups excluding carboxylic acids is 1. The topological polar surface area (TPSA) is 67.6 Å². The lowest BCUT2D eigenvalue weighted by molar-refractivity contribution is -0.127. The summed E-state index contributed by atoms with van der Waals surface area (Å²) in [6, 6.07) is 8.39. The van der Waals surface area contributed by atoms with Crippen molar-refractivity contribution in [2.45, 2.75) is 31.8 Å². The standard InChI is InChI=1S/C19H27N3O2.2ClH/c20-18-14-6-5-13(11-14)17(18)19(23)21-12-15-3-1-2-4-16(15)22-7-9-24-10-8-22;;/h1-4,13-14,17-18H,5-12,20H2,(H,21,23);2*1H. The van der Waals surface area contributed by atoms with Crippen molar-refractivity contribution in [2.24, 2.45) is 23.5 Å². The first-order chi connectivity index (χ1) is 11.7. The zero-order chi connectivity index (χ0) is 16.5. The Balaban J connectivity index is 0.00000121. The Morgan fingerprint density at radius 1 is 1.15 bits per heavy atom. The van der Waals surface area contributed by atoms with Gasteiger partial charge >= 0.3 is 0 Å². The third-order valence-corrected chi connectivity index (χ3v) is 6.08. The molecule has 4 unspecified atom stereocenters. The molecule has 4 rings (SSSR count). The van der Waals surface area contributed by atoms with Crippen LogP contribution in [0.5, 0.6) is 0 Å². The maximum atomic E-state index is 12.7. The molecular formula is C19H29Cl2N3O2. The number of rotatable bonds is 4. The zero-order valence-electron chi connectivity index (χ0n) is 14.9. The molecule has 4 atom stereocenters. The summed E-state index contributed by atoms with van der Waals surface area (Å²) >= 11 is 0. The number of nitrogens with zero attached hydrogens (tertiary/aromatic N) is 1. The summed E-state index contributed by atoms with van der Waals surface area (Å²) < 4.78 is 5.44. The Morgan fingerprint density at radius 3 is 2.54 bits per heavy atom. The van der Waals surface area contributed by atoms with E-state index < -0.39 is 0 Å². The Kier molecular flexibility index (Phi) is 7.59. The highest BCUT2D eigenvalue weighted by atomic mass is 35.5. The molecule has 2 saturated carbocycles. The zero-order valence-corrected chi connectivity index (χ0v) is 16.6. The number of nitrogens with two attached hydrogens (primary N) is 1. The summed E-state index contributed by atoms with van der Waals surface area (Å²) in [7, 11) is 0. The van der Waals surface area contributed by atoms with Crippen LogP contribution in [0, 0.1) is 17.8 Å². The van der Waals surface area contributed by atoms with Crippen LogP contribution < -0.4 is 16.0 Å². The van der Waals surface area contributed by atoms with Gasteiger partial charge in [-0.05, 0) is 42.7 Å². The number of fused-ring (bicyclic) bond motifs is 2. The number of halogens is 2. The first-order valence-corrected chi connectivity index (χ1v) is 9.18. The van der Waals surface area contributed by atoms with Gasteiger partial charge in [-0.2, -0.15) is 0 Å². The van der Waals surface area contributed by atoms with E-state index in [0.717, 1.165) is 32.7 Å². The van der Waals surface area contributed by atoms with Crippen LogP contribution >= 0.6 is 24.8 Å². The number of amides is 1. The molecule has 146 valence electrons. The highest BCUT2D eigenvalue weighted by Gasteiger charge is 2.48. The summed E-state index contributed by atoms with van der Waals surface area (Å²) in [5, 5.41) is 3.16. The van der Waals surface area contributed by atoms with Crippen molar-refractivity contribution in [3.8, 4) is 0 Å². The highest BCUT2D eigenvalue weighted by Crippen LogP contribution is 2.47. The van der Waals surface area contributed by atoms with Crippen LogP contribution in [0.3, 0.4) is 0 Å². The van der Waals surface area contributed by atoms with Gasteiger partial charge in [0.15, 0.2) is 0 Å². The molecular weight excluding hydrogens is 373 g/mol. The van der Waals surface area contributed by atoms with Crippen LogP contribution in [0.4, 0.5) is 5.69 Å². The van der Waals surface area contributed by atoms with E-state index in [-0.39, 0.29) is 42.7 Å². The summed E-state index contributed by atoms with van der Waals surface area (Å²) in [6.07, 6.45) is 3.51. The number of morpholine rings is 1. The molecule has 1 aliphatic heterocycles. The second-order valence-corrected chi connectivity index (χ2v) is 7.38. The summed E-state index contributed by atoms with van der Waals surface area (Å²) in [4.78, 5) is 15.0. The predicted molar refractivity (Wildman–Crippen MR) is 108 cm³/mol. The molecule has 1 heterocycles. The molecule has 3 fully saturated rings. The number of para-hydroxylation sites is 1. The van der Waals surface area contributed by atoms with Crippen LogP contribution in [-0.4, -0.2) is 38.3 Å². The van der Waals surface area contributed by atoms with Gasteiger partial charge in [0.2, 0.25) is 5.91 Å². The lowest BCUT2D eigenvalue weighted by Gasteiger charge is -2.31. The Labute approximate surface area is 167 Å². The number of carbonyl (C=O) groups is 1. The second kappa shape index (κ2) is 9.27. The van der Waals surface area contributed by atoms with Gasteiger partial charge in [-0.3, -0.25) is 4.79 Å². The van der Waals surface area contributed by atoms with Gasteiger partial charge in [0.25, 0.3) is 0 Å². The molecule has 1 aromatic rings. The lowest BCUT2D eigenvalue weighted by Crippen LogP contribution is -2.45. The van der Waals surface area contributed by atoms with Crippen LogP contribution in [0.1, 0.15) is 24.8 Å². The fourth-order valence-corrected chi connectivity index (χ4v) is 4.80. The Bertz CT molecular complexity index is 608. The van der Waals surface area contributed by atoms with E-state index in [0.29, 0.717) is 18.4 Å². The van der Waals surface area contributed by atoms with Crippen LogP contribution in [0.2, 0.25) is 0 Å². The molecule has 0 spiro atoms. The number of hydrogen-bond acceptors (Lipinski definition) is 4. The number of hydrogen-bond donors (Lipinski definition) is 2. The third kappa shape index (κ3) is 4.11. The summed E-state index contributed by atoms with van der Waals surface area (Å²) in [6.45, 7) is 3.92. The number of nitrogens with one attached hydrogen (secondary N) is 1. The molecule has 5 nitrogen and oxygen atoms in total. The van der Waals surface area contributed by atoms with Crippen LogP contribution in [0.15, 0.2) is 24.3 Å². The van der Waals surface area contributed by atoms with E-state index in [1.54, 1.807) is 0 Å². The largest absolute Gasteiger partial charge is 0.378 e. The van der Waals surface area contributed by atoms with Crippen molar-refractivity contribution in [1.82, 2.24) is 5.32 Å². The minimum Gasteiger partial charge on any atom is -0.378 e. The SMILES string of the molecule is Cl.Cl.NC1C2CCC(C2)C1C(=O)NCc1ccccc1N1CCOCC1. The fraction of sp³-hybridized carbons (Fsp3) is 0.632. The monoisotopic (exact) mass is 401 g/mol. The van der Waals surface area contributed by atoms with E-state index >= 15 is 0 Å². The van der Waals surface area contributed by atoms with Gasteiger partial charge in [-0.1, -0.05) is 18.2 Å². The molecule has 0 aromatic heterocycles. The average Bonchev–Trinajstić information content (AvgIpc) is 3.22. The first kappa shape index (κ1) is 21.3. The number of benzene rings is 1. The summed E-state index contributed by atoms with van der Waals surface area (Å²) in [5.74, 6) is 1.22. The van der Waals surface area contributed by atoms with Crippen LogP contribution in [0.25, 0.3) is 0 Å². The van der Waals surface area contributed by atoms with Crippen molar-refractivity contribution in [3.63, 3.8) is 0 Å². The van der Waals surface area contributed by atoms with E-state index in [2.05, 4.69) is 28.4 Å². The van der Waals surface area contributed by atoms with E-state index in [4.69, 9.17) is 10.5 Å². The Morgan fingerprint density at radius 2 is 1.85 bits per heavy atom. The van der Waals surface area contributed by atoms with Crippen LogP contribution in [-0.2, 0) is 16.1 Å². The van der Waals surface area contributed by atoms with E-state index in [1.807, 2.05) is 6.07 Å². The first-order valence-electron chi connectivity index (χ1n) is 9.18. The van der Waals surface area contributed by atoms with Crippen molar-refractivity contribution >= 4 is 36.4 Å². The van der Waals surface area contributed by atoms with E-state index in [1.165, 1.54) is 24.1 Å². The second-order valence-electron chi connectivity index (χ2n) is 7.38. The van der Waals surface area contributed by atoms with E-state index in [9.17, 15) is 4.79 Å². The molecule has 1 aromatic carbocycles. The predicted octanol–water partition coefficient (Wildman–Crippen LogP) is 2.36. The van der Waals surface area contributed by atoms with Crippen molar-refractivity contribution in [1.29, 1.82) is 0 Å². The van der Waals surface area contributed by atoms with Gasteiger partial charge in [-0.25, -0.2) is 0 Å². The maximum absolute atomic E-state index is 12.7. The minimum atomic E-state index is 0. The number of anilines is 1. The maximum Gasteiger partial charge on any atom is 0.225 e. The molecule has 1 saturated heterocycles. The normalized spacial score (nSPS) is 29.7. The van der Waals surface area contributed by atoms with Gasteiger partial charge < -0.3 is 20.7 Å². The van der Waals surface area contributed by atoms with Crippen molar-refractivity contribution < 1.29 is 9.53 Å². The summed E-state index contributed by atoms with van der Waals surface area (Å²) in [5.41, 5.74) is 8.68. The lowest BCUT2D eigenvalue weighted by atomic mass is 9.84. The van der Waals surface area contributed by atoms with Gasteiger partial charge in [0.1, 0.15) is 0 Å². The minimum absolute atomic E-state index is 0. The molecule has 2 bridgehead atoms. The molecule has 1 amide bonds. The van der Waals surface area contributed by atoms with Crippen molar-refractivity contribution in [3.05, 3.63) is 29.8 Å². The smallest absolute Gasteiger partial charge is 0.225 e. The average molecular weight is 402 g/mol. The van der Waals surface area contributed by atoms with Gasteiger partial charge in [0.05, 0.1) is 19.1 Å². The molecule has 3 N–H and O–H groups in total. The Hall–Kier alpha value is -1.01.